The van der Waals surface area contributed by atoms with Crippen molar-refractivity contribution in [2.24, 2.45) is 0 Å². The van der Waals surface area contributed by atoms with E-state index in [1.54, 1.807) is 0 Å². The number of aliphatic carboxylic acids is 1. The Morgan fingerprint density at radius 2 is 1.56 bits per heavy atom. The molecule has 0 aliphatic rings. The van der Waals surface area contributed by atoms with Gasteiger partial charge in [0.2, 0.25) is 0 Å². The van der Waals surface area contributed by atoms with Gasteiger partial charge in [-0.15, -0.1) is 0 Å². The van der Waals surface area contributed by atoms with Crippen molar-refractivity contribution in [2.45, 2.75) is 31.8 Å². The summed E-state index contributed by atoms with van der Waals surface area (Å²) < 4.78 is 10.8. The maximum Gasteiger partial charge on any atom is 0.333 e. The SMILES string of the molecule is CO[C@@H](Cc1ccc(C#CCCCOc2ccc(Cc3ccccc3)cc2)cc1)C(=O)O. The van der Waals surface area contributed by atoms with Crippen molar-refractivity contribution in [3.8, 4) is 17.6 Å². The van der Waals surface area contributed by atoms with Gasteiger partial charge < -0.3 is 14.6 Å². The van der Waals surface area contributed by atoms with Crippen LogP contribution in [0.1, 0.15) is 35.1 Å². The van der Waals surface area contributed by atoms with Gasteiger partial charge in [-0.25, -0.2) is 4.79 Å². The fourth-order valence-electron chi connectivity index (χ4n) is 3.26. The van der Waals surface area contributed by atoms with Crippen LogP contribution in [-0.4, -0.2) is 30.9 Å². The van der Waals surface area contributed by atoms with Crippen LogP contribution < -0.4 is 4.74 Å². The molecular formula is C28H28O4. The second-order valence-corrected chi connectivity index (χ2v) is 7.52. The van der Waals surface area contributed by atoms with E-state index in [0.717, 1.165) is 36.1 Å². The van der Waals surface area contributed by atoms with Crippen LogP contribution in [-0.2, 0) is 22.4 Å². The number of unbranched alkanes of at least 4 members (excludes halogenated alkanes) is 1. The van der Waals surface area contributed by atoms with Crippen molar-refractivity contribution >= 4 is 5.97 Å². The molecule has 3 aromatic rings. The monoisotopic (exact) mass is 428 g/mol. The number of rotatable bonds is 10. The zero-order valence-corrected chi connectivity index (χ0v) is 18.3. The Bertz CT molecular complexity index is 1030. The summed E-state index contributed by atoms with van der Waals surface area (Å²) in [6.07, 6.45) is 2.03. The summed E-state index contributed by atoms with van der Waals surface area (Å²) in [5, 5.41) is 9.06. The van der Waals surface area contributed by atoms with Gasteiger partial charge in [0.05, 0.1) is 6.61 Å². The lowest BCUT2D eigenvalue weighted by atomic mass is 10.1. The molecule has 4 heteroatoms. The maximum atomic E-state index is 11.0. The molecule has 32 heavy (non-hydrogen) atoms. The second kappa shape index (κ2) is 12.3. The second-order valence-electron chi connectivity index (χ2n) is 7.52. The Morgan fingerprint density at radius 3 is 2.22 bits per heavy atom. The summed E-state index contributed by atoms with van der Waals surface area (Å²) in [5.74, 6) is 6.22. The van der Waals surface area contributed by atoms with Gasteiger partial charge in [-0.1, -0.05) is 66.4 Å². The predicted molar refractivity (Wildman–Crippen MR) is 126 cm³/mol. The Morgan fingerprint density at radius 1 is 0.906 bits per heavy atom. The molecule has 1 atom stereocenters. The van der Waals surface area contributed by atoms with Crippen molar-refractivity contribution in [1.82, 2.24) is 0 Å². The lowest BCUT2D eigenvalue weighted by molar-refractivity contribution is -0.148. The van der Waals surface area contributed by atoms with E-state index in [4.69, 9.17) is 14.6 Å². The first-order valence-corrected chi connectivity index (χ1v) is 10.7. The van der Waals surface area contributed by atoms with E-state index in [1.807, 2.05) is 42.5 Å². The van der Waals surface area contributed by atoms with E-state index in [9.17, 15) is 4.79 Å². The molecule has 0 aromatic heterocycles. The fourth-order valence-corrected chi connectivity index (χ4v) is 3.26. The van der Waals surface area contributed by atoms with Gasteiger partial charge >= 0.3 is 5.97 Å². The molecule has 0 aliphatic heterocycles. The van der Waals surface area contributed by atoms with E-state index in [0.29, 0.717) is 13.0 Å². The lowest BCUT2D eigenvalue weighted by Crippen LogP contribution is -2.24. The molecule has 0 saturated carbocycles. The summed E-state index contributed by atoms with van der Waals surface area (Å²) in [4.78, 5) is 11.0. The van der Waals surface area contributed by atoms with E-state index in [2.05, 4.69) is 48.2 Å². The van der Waals surface area contributed by atoms with Crippen LogP contribution in [0.2, 0.25) is 0 Å². The number of ether oxygens (including phenoxy) is 2. The average molecular weight is 429 g/mol. The molecule has 0 spiro atoms. The van der Waals surface area contributed by atoms with Crippen LogP contribution in [0.3, 0.4) is 0 Å². The normalized spacial score (nSPS) is 11.3. The first-order valence-electron chi connectivity index (χ1n) is 10.7. The van der Waals surface area contributed by atoms with Crippen LogP contribution in [0.25, 0.3) is 0 Å². The third-order valence-electron chi connectivity index (χ3n) is 5.06. The highest BCUT2D eigenvalue weighted by Crippen LogP contribution is 2.15. The van der Waals surface area contributed by atoms with Crippen LogP contribution in [0.5, 0.6) is 5.75 Å². The molecule has 4 nitrogen and oxygen atoms in total. The number of benzene rings is 3. The minimum atomic E-state index is -0.957. The quantitative estimate of drug-likeness (QED) is 0.359. The summed E-state index contributed by atoms with van der Waals surface area (Å²) in [5.41, 5.74) is 4.39. The third kappa shape index (κ3) is 7.61. The van der Waals surface area contributed by atoms with Crippen LogP contribution in [0.4, 0.5) is 0 Å². The molecule has 0 fully saturated rings. The van der Waals surface area contributed by atoms with Gasteiger partial charge in [0.15, 0.2) is 6.10 Å². The maximum absolute atomic E-state index is 11.0. The van der Waals surface area contributed by atoms with Crippen molar-refractivity contribution in [3.63, 3.8) is 0 Å². The third-order valence-corrected chi connectivity index (χ3v) is 5.06. The Kier molecular flexibility index (Phi) is 8.92. The zero-order valence-electron chi connectivity index (χ0n) is 18.3. The molecule has 0 aliphatic carbocycles. The van der Waals surface area contributed by atoms with Crippen LogP contribution in [0.15, 0.2) is 78.9 Å². The number of carboxylic acid groups (broad SMARTS) is 1. The molecule has 3 aromatic carbocycles. The van der Waals surface area contributed by atoms with Crippen molar-refractivity contribution in [3.05, 3.63) is 101 Å². The zero-order chi connectivity index (χ0) is 22.6. The summed E-state index contributed by atoms with van der Waals surface area (Å²) in [7, 11) is 1.41. The number of hydrogen-bond acceptors (Lipinski definition) is 3. The van der Waals surface area contributed by atoms with E-state index >= 15 is 0 Å². The molecule has 164 valence electrons. The largest absolute Gasteiger partial charge is 0.494 e. The van der Waals surface area contributed by atoms with Gasteiger partial charge in [0.1, 0.15) is 5.75 Å². The Hall–Kier alpha value is -3.55. The number of carbonyl (C=O) groups is 1. The fraction of sp³-hybridized carbons (Fsp3) is 0.250. The van der Waals surface area contributed by atoms with Crippen molar-refractivity contribution in [2.75, 3.05) is 13.7 Å². The molecule has 0 bridgehead atoms. The van der Waals surface area contributed by atoms with Crippen molar-refractivity contribution < 1.29 is 19.4 Å². The molecule has 0 saturated heterocycles. The molecular weight excluding hydrogens is 400 g/mol. The number of carboxylic acids is 1. The number of methoxy groups -OCH3 is 1. The van der Waals surface area contributed by atoms with Gasteiger partial charge in [0, 0.05) is 25.5 Å². The van der Waals surface area contributed by atoms with E-state index < -0.39 is 12.1 Å². The van der Waals surface area contributed by atoms with Gasteiger partial charge in [-0.05, 0) is 53.8 Å². The van der Waals surface area contributed by atoms with Gasteiger partial charge in [0.25, 0.3) is 0 Å². The minimum Gasteiger partial charge on any atom is -0.494 e. The predicted octanol–water partition coefficient (Wildman–Crippen LogP) is 5.13. The first-order chi connectivity index (χ1) is 15.6. The topological polar surface area (TPSA) is 55.8 Å². The molecule has 1 N–H and O–H groups in total. The standard InChI is InChI=1S/C28H28O4/c1-31-27(28(29)30)21-25-13-11-22(12-14-25)8-6-3-7-19-32-26-17-15-24(16-18-26)20-23-9-4-2-5-10-23/h2,4-5,9-18,27H,3,7,19-21H2,1H3,(H,29,30)/t27-/m0/s1. The van der Waals surface area contributed by atoms with Crippen LogP contribution >= 0.6 is 0 Å². The molecule has 0 heterocycles. The average Bonchev–Trinajstić information content (AvgIpc) is 2.82. The summed E-state index contributed by atoms with van der Waals surface area (Å²) in [6, 6.07) is 26.3. The summed E-state index contributed by atoms with van der Waals surface area (Å²) >= 11 is 0. The van der Waals surface area contributed by atoms with Gasteiger partial charge in [-0.3, -0.25) is 0 Å². The van der Waals surface area contributed by atoms with Crippen LogP contribution in [0, 0.1) is 11.8 Å². The Balaban J connectivity index is 1.37. The number of hydrogen-bond donors (Lipinski definition) is 1. The highest BCUT2D eigenvalue weighted by atomic mass is 16.5. The van der Waals surface area contributed by atoms with E-state index in [1.165, 1.54) is 18.2 Å². The van der Waals surface area contributed by atoms with E-state index in [-0.39, 0.29) is 0 Å². The Labute approximate surface area is 189 Å². The molecule has 0 radical (unpaired) electrons. The highest BCUT2D eigenvalue weighted by molar-refractivity contribution is 5.72. The first kappa shape index (κ1) is 23.1. The molecule has 0 amide bonds. The molecule has 0 unspecified atom stereocenters. The highest BCUT2D eigenvalue weighted by Gasteiger charge is 2.16. The molecule has 3 rings (SSSR count). The summed E-state index contributed by atoms with van der Waals surface area (Å²) in [6.45, 7) is 0.624. The minimum absolute atomic E-state index is 0.337. The van der Waals surface area contributed by atoms with Crippen molar-refractivity contribution in [1.29, 1.82) is 0 Å². The smallest absolute Gasteiger partial charge is 0.333 e. The lowest BCUT2D eigenvalue weighted by Gasteiger charge is -2.10. The van der Waals surface area contributed by atoms with Gasteiger partial charge in [-0.2, -0.15) is 0 Å².